The maximum absolute atomic E-state index is 14.2. The highest BCUT2D eigenvalue weighted by Gasteiger charge is 2.29. The van der Waals surface area contributed by atoms with Crippen molar-refractivity contribution in [3.8, 4) is 0 Å². The van der Waals surface area contributed by atoms with Crippen LogP contribution in [0.5, 0.6) is 0 Å². The number of benzene rings is 2. The fraction of sp³-hybridized carbons (Fsp3) is 0.250. The molecule has 1 saturated heterocycles. The van der Waals surface area contributed by atoms with Crippen LogP contribution in [-0.4, -0.2) is 47.4 Å². The van der Waals surface area contributed by atoms with Crippen LogP contribution in [0.4, 0.5) is 18.9 Å². The first-order valence-electron chi connectivity index (χ1n) is 7.96. The second kappa shape index (κ2) is 7.70. The zero-order chi connectivity index (χ0) is 20.5. The van der Waals surface area contributed by atoms with Gasteiger partial charge in [-0.25, -0.2) is 30.0 Å². The third kappa shape index (κ3) is 4.14. The van der Waals surface area contributed by atoms with E-state index in [1.165, 1.54) is 0 Å². The number of rotatable bonds is 5. The van der Waals surface area contributed by atoms with Gasteiger partial charge in [0.05, 0.1) is 23.8 Å². The molecule has 28 heavy (non-hydrogen) atoms. The van der Waals surface area contributed by atoms with E-state index in [0.717, 1.165) is 28.6 Å². The number of hydrogen-bond acceptors (Lipinski definition) is 5. The van der Waals surface area contributed by atoms with Crippen molar-refractivity contribution in [3.05, 3.63) is 53.8 Å². The molecule has 1 aliphatic rings. The summed E-state index contributed by atoms with van der Waals surface area (Å²) >= 11 is 0. The summed E-state index contributed by atoms with van der Waals surface area (Å²) < 4.78 is 98.6. The van der Waals surface area contributed by atoms with Crippen LogP contribution in [0.2, 0.25) is 0 Å². The Labute approximate surface area is 159 Å². The van der Waals surface area contributed by atoms with Gasteiger partial charge in [0.1, 0.15) is 10.7 Å². The van der Waals surface area contributed by atoms with Crippen molar-refractivity contribution in [2.75, 3.05) is 31.0 Å². The molecule has 152 valence electrons. The number of morpholine rings is 1. The Kier molecular flexibility index (Phi) is 5.66. The van der Waals surface area contributed by atoms with Crippen LogP contribution in [0.15, 0.2) is 46.2 Å². The summed E-state index contributed by atoms with van der Waals surface area (Å²) in [6.45, 7) is 0.381. The van der Waals surface area contributed by atoms with Crippen molar-refractivity contribution in [3.63, 3.8) is 0 Å². The van der Waals surface area contributed by atoms with E-state index >= 15 is 0 Å². The average Bonchev–Trinajstić information content (AvgIpc) is 2.66. The van der Waals surface area contributed by atoms with Crippen LogP contribution in [0.3, 0.4) is 0 Å². The minimum Gasteiger partial charge on any atom is -0.379 e. The van der Waals surface area contributed by atoms with Crippen molar-refractivity contribution in [2.45, 2.75) is 9.79 Å². The molecule has 2 aromatic rings. The van der Waals surface area contributed by atoms with Gasteiger partial charge in [-0.1, -0.05) is 0 Å². The van der Waals surface area contributed by atoms with E-state index in [0.29, 0.717) is 12.1 Å². The molecule has 0 atom stereocenters. The van der Waals surface area contributed by atoms with Gasteiger partial charge in [-0.15, -0.1) is 0 Å². The van der Waals surface area contributed by atoms with Crippen LogP contribution >= 0.6 is 0 Å². The minimum atomic E-state index is -4.36. The molecule has 0 radical (unpaired) electrons. The Morgan fingerprint density at radius 3 is 2.14 bits per heavy atom. The maximum Gasteiger partial charge on any atom is 0.261 e. The molecule has 0 spiro atoms. The first-order chi connectivity index (χ1) is 13.1. The smallest absolute Gasteiger partial charge is 0.261 e. The molecule has 3 rings (SSSR count). The van der Waals surface area contributed by atoms with Crippen molar-refractivity contribution < 1.29 is 34.7 Å². The molecule has 0 aliphatic carbocycles. The van der Waals surface area contributed by atoms with Crippen molar-refractivity contribution in [1.82, 2.24) is 4.31 Å². The lowest BCUT2D eigenvalue weighted by Crippen LogP contribution is -2.40. The van der Waals surface area contributed by atoms with Gasteiger partial charge >= 0.3 is 0 Å². The molecule has 1 N–H and O–H groups in total. The van der Waals surface area contributed by atoms with Gasteiger partial charge in [-0.3, -0.25) is 4.72 Å². The van der Waals surface area contributed by atoms with E-state index in [1.807, 2.05) is 4.72 Å². The molecule has 0 aromatic heterocycles. The zero-order valence-corrected chi connectivity index (χ0v) is 15.9. The molecule has 2 aromatic carbocycles. The van der Waals surface area contributed by atoms with Crippen LogP contribution in [0.25, 0.3) is 0 Å². The second-order valence-electron chi connectivity index (χ2n) is 5.84. The standard InChI is InChI=1S/C16H15F3N2O5S2/c17-13-4-2-12(10-15(13)19)27(22,23)20-11-1-3-14(18)16(9-11)28(24,25)21-5-7-26-8-6-21/h1-4,9-10,20H,5-8H2. The molecule has 1 fully saturated rings. The van der Waals surface area contributed by atoms with Gasteiger partial charge in [-0.2, -0.15) is 4.31 Å². The summed E-state index contributed by atoms with van der Waals surface area (Å²) in [7, 11) is -8.57. The number of sulfonamides is 2. The predicted octanol–water partition coefficient (Wildman–Crippen LogP) is 1.93. The van der Waals surface area contributed by atoms with Crippen LogP contribution in [0.1, 0.15) is 0 Å². The maximum atomic E-state index is 14.2. The van der Waals surface area contributed by atoms with Gasteiger partial charge in [-0.05, 0) is 36.4 Å². The normalized spacial score (nSPS) is 16.1. The highest BCUT2D eigenvalue weighted by Crippen LogP contribution is 2.25. The molecule has 1 heterocycles. The number of nitrogens with one attached hydrogen (secondary N) is 1. The van der Waals surface area contributed by atoms with Gasteiger partial charge in [0.15, 0.2) is 11.6 Å². The van der Waals surface area contributed by atoms with Crippen LogP contribution in [0, 0.1) is 17.5 Å². The van der Waals surface area contributed by atoms with Gasteiger partial charge < -0.3 is 4.74 Å². The monoisotopic (exact) mass is 436 g/mol. The first kappa shape index (κ1) is 20.6. The molecule has 0 bridgehead atoms. The summed E-state index contributed by atoms with van der Waals surface area (Å²) in [6.07, 6.45) is 0. The van der Waals surface area contributed by atoms with E-state index in [2.05, 4.69) is 0 Å². The van der Waals surface area contributed by atoms with E-state index < -0.39 is 47.3 Å². The van der Waals surface area contributed by atoms with Gasteiger partial charge in [0, 0.05) is 13.1 Å². The van der Waals surface area contributed by atoms with E-state index in [1.54, 1.807) is 0 Å². The molecule has 7 nitrogen and oxygen atoms in total. The Bertz CT molecular complexity index is 1100. The first-order valence-corrected chi connectivity index (χ1v) is 10.9. The van der Waals surface area contributed by atoms with Crippen LogP contribution in [-0.2, 0) is 24.8 Å². The molecule has 0 saturated carbocycles. The average molecular weight is 436 g/mol. The number of halogens is 3. The zero-order valence-electron chi connectivity index (χ0n) is 14.2. The summed E-state index contributed by atoms with van der Waals surface area (Å²) in [5, 5.41) is 0. The second-order valence-corrected chi connectivity index (χ2v) is 9.43. The molecular weight excluding hydrogens is 421 g/mol. The third-order valence-electron chi connectivity index (χ3n) is 3.97. The van der Waals surface area contributed by atoms with Gasteiger partial charge in [0.25, 0.3) is 10.0 Å². The van der Waals surface area contributed by atoms with Crippen LogP contribution < -0.4 is 4.72 Å². The van der Waals surface area contributed by atoms with E-state index in [4.69, 9.17) is 4.74 Å². The van der Waals surface area contributed by atoms with E-state index in [-0.39, 0.29) is 32.0 Å². The third-order valence-corrected chi connectivity index (χ3v) is 7.27. The quantitative estimate of drug-likeness (QED) is 0.773. The minimum absolute atomic E-state index is 0.0343. The van der Waals surface area contributed by atoms with Crippen molar-refractivity contribution in [2.24, 2.45) is 0 Å². The lowest BCUT2D eigenvalue weighted by molar-refractivity contribution is 0.0729. The number of ether oxygens (including phenoxy) is 1. The van der Waals surface area contributed by atoms with Crippen molar-refractivity contribution >= 4 is 25.7 Å². The number of hydrogen-bond donors (Lipinski definition) is 1. The lowest BCUT2D eigenvalue weighted by atomic mass is 10.3. The topological polar surface area (TPSA) is 92.8 Å². The summed E-state index contributed by atoms with van der Waals surface area (Å²) in [4.78, 5) is -1.28. The Hall–Kier alpha value is -2.15. The summed E-state index contributed by atoms with van der Waals surface area (Å²) in [5.41, 5.74) is -0.252. The Morgan fingerprint density at radius 2 is 1.50 bits per heavy atom. The fourth-order valence-electron chi connectivity index (χ4n) is 2.55. The van der Waals surface area contributed by atoms with Crippen molar-refractivity contribution in [1.29, 1.82) is 0 Å². The summed E-state index contributed by atoms with van der Waals surface area (Å²) in [5.74, 6) is -3.64. The molecule has 12 heteroatoms. The Morgan fingerprint density at radius 1 is 0.857 bits per heavy atom. The number of anilines is 1. The predicted molar refractivity (Wildman–Crippen MR) is 93.1 cm³/mol. The van der Waals surface area contributed by atoms with E-state index in [9.17, 15) is 30.0 Å². The molecular formula is C16H15F3N2O5S2. The largest absolute Gasteiger partial charge is 0.379 e. The molecule has 1 aliphatic heterocycles. The lowest BCUT2D eigenvalue weighted by Gasteiger charge is -2.26. The number of nitrogens with zero attached hydrogens (tertiary/aromatic N) is 1. The highest BCUT2D eigenvalue weighted by atomic mass is 32.2. The Balaban J connectivity index is 1.93. The fourth-order valence-corrected chi connectivity index (χ4v) is 5.11. The SMILES string of the molecule is O=S(=O)(Nc1ccc(F)c(S(=O)(=O)N2CCOCC2)c1)c1ccc(F)c(F)c1. The summed E-state index contributed by atoms with van der Waals surface area (Å²) in [6, 6.07) is 4.62. The highest BCUT2D eigenvalue weighted by molar-refractivity contribution is 7.92. The molecule has 0 unspecified atom stereocenters. The van der Waals surface area contributed by atoms with Gasteiger partial charge in [0.2, 0.25) is 10.0 Å². The molecule has 0 amide bonds.